The molecule has 3 aromatic carbocycles. The van der Waals surface area contributed by atoms with Crippen molar-refractivity contribution in [2.24, 2.45) is 0 Å². The summed E-state index contributed by atoms with van der Waals surface area (Å²) in [7, 11) is 0. The van der Waals surface area contributed by atoms with E-state index in [1.165, 1.54) is 51.8 Å². The van der Waals surface area contributed by atoms with Gasteiger partial charge in [-0.2, -0.15) is 0 Å². The molecule has 1 aliphatic carbocycles. The molecule has 1 atom stereocenters. The van der Waals surface area contributed by atoms with Crippen LogP contribution in [-0.4, -0.2) is 0 Å². The molecule has 1 unspecified atom stereocenters. The molecule has 0 heterocycles. The largest absolute Gasteiger partial charge is 0.103 e. The maximum atomic E-state index is 3.82. The lowest BCUT2D eigenvalue weighted by Gasteiger charge is -2.26. The first-order valence-corrected chi connectivity index (χ1v) is 11.8. The van der Waals surface area contributed by atoms with Crippen LogP contribution in [0.25, 0.3) is 11.1 Å². The molecule has 0 radical (unpaired) electrons. The van der Waals surface area contributed by atoms with E-state index in [1.54, 1.807) is 0 Å². The molecule has 0 N–H and O–H groups in total. The molecule has 0 fully saturated rings. The Hall–Kier alpha value is -2.86. The van der Waals surface area contributed by atoms with Crippen LogP contribution in [0.3, 0.4) is 0 Å². The second kappa shape index (κ2) is 10.4. The van der Waals surface area contributed by atoms with Crippen molar-refractivity contribution in [3.8, 4) is 11.1 Å². The quantitative estimate of drug-likeness (QED) is 0.330. The monoisotopic (exact) mass is 406 g/mol. The topological polar surface area (TPSA) is 0 Å². The molecular formula is C31H34. The Balaban J connectivity index is 1.43. The zero-order chi connectivity index (χ0) is 21.5. The van der Waals surface area contributed by atoms with E-state index in [4.69, 9.17) is 0 Å². The zero-order valence-corrected chi connectivity index (χ0v) is 18.8. The Kier molecular flexibility index (Phi) is 7.20. The predicted molar refractivity (Wildman–Crippen MR) is 135 cm³/mol. The van der Waals surface area contributed by atoms with Crippen molar-refractivity contribution in [1.82, 2.24) is 0 Å². The second-order valence-corrected chi connectivity index (χ2v) is 8.80. The van der Waals surface area contributed by atoms with Gasteiger partial charge in [0.2, 0.25) is 0 Å². The lowest BCUT2D eigenvalue weighted by Crippen LogP contribution is -2.13. The molecule has 0 amide bonds. The SMILES string of the molecule is C=CCCc1ccc(-c2ccc3c(c2)CCC(c2ccc(CC/C=C/C)cc2)C3)cc1. The summed E-state index contributed by atoms with van der Waals surface area (Å²) in [5, 5.41) is 0. The molecule has 0 bridgehead atoms. The minimum atomic E-state index is 0.645. The van der Waals surface area contributed by atoms with Gasteiger partial charge in [0.15, 0.2) is 0 Å². The van der Waals surface area contributed by atoms with Crippen LogP contribution in [0.2, 0.25) is 0 Å². The van der Waals surface area contributed by atoms with Gasteiger partial charge in [-0.1, -0.05) is 85.0 Å². The van der Waals surface area contributed by atoms with Crippen LogP contribution in [0.4, 0.5) is 0 Å². The normalized spacial score (nSPS) is 15.7. The fraction of sp³-hybridized carbons (Fsp3) is 0.290. The van der Waals surface area contributed by atoms with Crippen molar-refractivity contribution in [2.75, 3.05) is 0 Å². The van der Waals surface area contributed by atoms with Gasteiger partial charge in [0, 0.05) is 0 Å². The van der Waals surface area contributed by atoms with Crippen LogP contribution in [0, 0.1) is 0 Å². The van der Waals surface area contributed by atoms with Gasteiger partial charge in [-0.15, -0.1) is 6.58 Å². The molecule has 0 spiro atoms. The number of allylic oxidation sites excluding steroid dienone is 3. The molecule has 31 heavy (non-hydrogen) atoms. The molecule has 3 aromatic rings. The van der Waals surface area contributed by atoms with Crippen molar-refractivity contribution in [2.45, 2.75) is 57.8 Å². The van der Waals surface area contributed by atoms with E-state index in [9.17, 15) is 0 Å². The molecule has 158 valence electrons. The van der Waals surface area contributed by atoms with Crippen molar-refractivity contribution >= 4 is 0 Å². The summed E-state index contributed by atoms with van der Waals surface area (Å²) in [6.07, 6.45) is 14.3. The molecule has 0 aromatic heterocycles. The average Bonchev–Trinajstić information content (AvgIpc) is 2.83. The molecular weight excluding hydrogens is 372 g/mol. The van der Waals surface area contributed by atoms with Crippen molar-refractivity contribution < 1.29 is 0 Å². The van der Waals surface area contributed by atoms with Crippen LogP contribution in [-0.2, 0) is 25.7 Å². The third-order valence-electron chi connectivity index (χ3n) is 6.65. The van der Waals surface area contributed by atoms with E-state index in [1.807, 2.05) is 6.08 Å². The standard InChI is InChI=1S/C31H34/c1-3-5-7-9-25-12-16-27(17-13-25)29-19-21-30-22-28(18-20-31(30)23-29)26-14-10-24(11-15-26)8-6-4-2/h3-5,10-18,20,22,29H,2,6-9,19,21,23H2,1H3/b5-3+. The molecule has 0 heteroatoms. The lowest BCUT2D eigenvalue weighted by molar-refractivity contribution is 0.585. The number of hydrogen-bond donors (Lipinski definition) is 0. The highest BCUT2D eigenvalue weighted by Gasteiger charge is 2.20. The first-order valence-electron chi connectivity index (χ1n) is 11.8. The van der Waals surface area contributed by atoms with E-state index in [0.717, 1.165) is 32.1 Å². The summed E-state index contributed by atoms with van der Waals surface area (Å²) < 4.78 is 0. The van der Waals surface area contributed by atoms with Crippen LogP contribution < -0.4 is 0 Å². The fourth-order valence-corrected chi connectivity index (χ4v) is 4.72. The first kappa shape index (κ1) is 21.4. The smallest absolute Gasteiger partial charge is 0.0118 e. The lowest BCUT2D eigenvalue weighted by atomic mass is 9.79. The summed E-state index contributed by atoms with van der Waals surface area (Å²) in [6.45, 7) is 5.91. The van der Waals surface area contributed by atoms with Crippen LogP contribution in [0.1, 0.15) is 59.9 Å². The number of rotatable bonds is 8. The van der Waals surface area contributed by atoms with Gasteiger partial charge in [0.1, 0.15) is 0 Å². The van der Waals surface area contributed by atoms with E-state index in [2.05, 4.69) is 92.4 Å². The summed E-state index contributed by atoms with van der Waals surface area (Å²) in [4.78, 5) is 0. The van der Waals surface area contributed by atoms with E-state index in [-0.39, 0.29) is 0 Å². The highest BCUT2D eigenvalue weighted by molar-refractivity contribution is 5.65. The summed E-state index contributed by atoms with van der Waals surface area (Å²) >= 11 is 0. The fourth-order valence-electron chi connectivity index (χ4n) is 4.72. The third kappa shape index (κ3) is 5.44. The van der Waals surface area contributed by atoms with Crippen molar-refractivity contribution in [1.29, 1.82) is 0 Å². The van der Waals surface area contributed by atoms with Gasteiger partial charge in [-0.3, -0.25) is 0 Å². The molecule has 0 saturated heterocycles. The minimum Gasteiger partial charge on any atom is -0.103 e. The number of fused-ring (bicyclic) bond motifs is 1. The number of aryl methyl sites for hydroxylation is 3. The maximum Gasteiger partial charge on any atom is -0.0118 e. The second-order valence-electron chi connectivity index (χ2n) is 8.80. The van der Waals surface area contributed by atoms with Gasteiger partial charge >= 0.3 is 0 Å². The molecule has 0 aliphatic heterocycles. The molecule has 4 rings (SSSR count). The van der Waals surface area contributed by atoms with E-state index < -0.39 is 0 Å². The molecule has 0 nitrogen and oxygen atoms in total. The van der Waals surface area contributed by atoms with Gasteiger partial charge in [0.05, 0.1) is 0 Å². The summed E-state index contributed by atoms with van der Waals surface area (Å²) in [6, 6.07) is 25.5. The van der Waals surface area contributed by atoms with Crippen LogP contribution in [0.5, 0.6) is 0 Å². The van der Waals surface area contributed by atoms with Gasteiger partial charge in [-0.05, 0) is 96.7 Å². The van der Waals surface area contributed by atoms with E-state index >= 15 is 0 Å². The molecule has 1 aliphatic rings. The number of benzene rings is 3. The Bertz CT molecular complexity index is 1020. The Morgan fingerprint density at radius 1 is 0.806 bits per heavy atom. The van der Waals surface area contributed by atoms with Crippen LogP contribution in [0.15, 0.2) is 91.5 Å². The van der Waals surface area contributed by atoms with Crippen molar-refractivity contribution in [3.05, 3.63) is 119 Å². The van der Waals surface area contributed by atoms with Gasteiger partial charge < -0.3 is 0 Å². The Labute approximate surface area is 188 Å². The van der Waals surface area contributed by atoms with Gasteiger partial charge in [-0.25, -0.2) is 0 Å². The Morgan fingerprint density at radius 3 is 2.19 bits per heavy atom. The zero-order valence-electron chi connectivity index (χ0n) is 18.8. The average molecular weight is 407 g/mol. The minimum absolute atomic E-state index is 0.645. The summed E-state index contributed by atoms with van der Waals surface area (Å²) in [5.74, 6) is 0.645. The third-order valence-corrected chi connectivity index (χ3v) is 6.65. The van der Waals surface area contributed by atoms with Gasteiger partial charge in [0.25, 0.3) is 0 Å². The Morgan fingerprint density at radius 2 is 1.48 bits per heavy atom. The first-order chi connectivity index (χ1) is 15.3. The molecule has 0 saturated carbocycles. The number of hydrogen-bond acceptors (Lipinski definition) is 0. The summed E-state index contributed by atoms with van der Waals surface area (Å²) in [5.41, 5.74) is 10.1. The van der Waals surface area contributed by atoms with Crippen LogP contribution >= 0.6 is 0 Å². The highest BCUT2D eigenvalue weighted by Crippen LogP contribution is 2.35. The maximum absolute atomic E-state index is 3.82. The van der Waals surface area contributed by atoms with Crippen molar-refractivity contribution in [3.63, 3.8) is 0 Å². The predicted octanol–water partition coefficient (Wildman–Crippen LogP) is 8.25. The van der Waals surface area contributed by atoms with E-state index in [0.29, 0.717) is 5.92 Å². The highest BCUT2D eigenvalue weighted by atomic mass is 14.2.